The van der Waals surface area contributed by atoms with Gasteiger partial charge >= 0.3 is 0 Å². The maximum atomic E-state index is 13.5. The van der Waals surface area contributed by atoms with Gasteiger partial charge in [-0.3, -0.25) is 4.79 Å². The van der Waals surface area contributed by atoms with Crippen molar-refractivity contribution in [1.29, 1.82) is 0 Å². The number of carbonyl (C=O) groups excluding carboxylic acids is 1. The molecular formula is C27H28BrNO3. The van der Waals surface area contributed by atoms with Gasteiger partial charge in [0.05, 0.1) is 14.2 Å². The van der Waals surface area contributed by atoms with Gasteiger partial charge < -0.3 is 14.4 Å². The number of hydrogen-bond acceptors (Lipinski definition) is 4. The number of ketones is 1. The molecular weight excluding hydrogens is 466 g/mol. The van der Waals surface area contributed by atoms with Crippen LogP contribution in [0.5, 0.6) is 11.5 Å². The summed E-state index contributed by atoms with van der Waals surface area (Å²) in [5.41, 5.74) is 6.81. The first-order chi connectivity index (χ1) is 15.3. The molecule has 0 amide bonds. The van der Waals surface area contributed by atoms with Crippen LogP contribution in [0.1, 0.15) is 49.3 Å². The molecule has 4 nitrogen and oxygen atoms in total. The number of hydrogen-bond donors (Lipinski definition) is 0. The zero-order valence-corrected chi connectivity index (χ0v) is 20.6. The third-order valence-electron chi connectivity index (χ3n) is 6.88. The van der Waals surface area contributed by atoms with Gasteiger partial charge in [0.15, 0.2) is 17.3 Å². The molecule has 0 aromatic heterocycles. The van der Waals surface area contributed by atoms with Crippen molar-refractivity contribution in [2.75, 3.05) is 20.8 Å². The predicted molar refractivity (Wildman–Crippen MR) is 130 cm³/mol. The highest BCUT2D eigenvalue weighted by Gasteiger charge is 2.43. The predicted octanol–water partition coefficient (Wildman–Crippen LogP) is 6.11. The molecule has 1 aliphatic carbocycles. The Morgan fingerprint density at radius 1 is 1.06 bits per heavy atom. The Bertz CT molecular complexity index is 1180. The number of nitrogens with zero attached hydrogens (tertiary/aromatic N) is 1. The van der Waals surface area contributed by atoms with E-state index in [1.165, 1.54) is 11.3 Å². The van der Waals surface area contributed by atoms with E-state index >= 15 is 0 Å². The highest BCUT2D eigenvalue weighted by atomic mass is 79.9. The monoisotopic (exact) mass is 493 g/mol. The van der Waals surface area contributed by atoms with E-state index in [9.17, 15) is 4.79 Å². The molecule has 0 spiro atoms. The number of rotatable bonds is 3. The fraction of sp³-hybridized carbons (Fsp3) is 0.370. The third-order valence-corrected chi connectivity index (χ3v) is 7.60. The molecule has 2 heterocycles. The second-order valence-corrected chi connectivity index (χ2v) is 10.5. The summed E-state index contributed by atoms with van der Waals surface area (Å²) in [6, 6.07) is 12.4. The van der Waals surface area contributed by atoms with Gasteiger partial charge in [0.25, 0.3) is 0 Å². The van der Waals surface area contributed by atoms with Crippen molar-refractivity contribution >= 4 is 27.4 Å². The highest BCUT2D eigenvalue weighted by molar-refractivity contribution is 9.10. The van der Waals surface area contributed by atoms with E-state index in [4.69, 9.17) is 9.47 Å². The van der Waals surface area contributed by atoms with E-state index in [-0.39, 0.29) is 17.1 Å². The first kappa shape index (κ1) is 21.3. The van der Waals surface area contributed by atoms with Crippen LogP contribution in [0, 0.1) is 5.41 Å². The Morgan fingerprint density at radius 3 is 2.50 bits per heavy atom. The van der Waals surface area contributed by atoms with Crippen molar-refractivity contribution in [3.63, 3.8) is 0 Å². The summed E-state index contributed by atoms with van der Waals surface area (Å²) in [4.78, 5) is 15.9. The summed E-state index contributed by atoms with van der Waals surface area (Å²) in [6.07, 6.45) is 4.66. The second kappa shape index (κ2) is 7.80. The number of fused-ring (bicyclic) bond motifs is 4. The number of benzene rings is 2. The van der Waals surface area contributed by atoms with Crippen molar-refractivity contribution < 1.29 is 14.3 Å². The normalized spacial score (nSPS) is 21.4. The molecule has 1 atom stereocenters. The van der Waals surface area contributed by atoms with Crippen LogP contribution in [-0.4, -0.2) is 31.4 Å². The van der Waals surface area contributed by atoms with Crippen LogP contribution in [0.4, 0.5) is 0 Å². The van der Waals surface area contributed by atoms with Gasteiger partial charge in [0, 0.05) is 45.9 Å². The zero-order chi connectivity index (χ0) is 22.6. The fourth-order valence-electron chi connectivity index (χ4n) is 5.43. The van der Waals surface area contributed by atoms with Gasteiger partial charge in [-0.2, -0.15) is 0 Å². The van der Waals surface area contributed by atoms with Crippen LogP contribution in [0.2, 0.25) is 0 Å². The molecule has 2 aromatic rings. The van der Waals surface area contributed by atoms with E-state index in [0.717, 1.165) is 57.8 Å². The standard InChI is InChI=1S/C27H28BrNO3/c1-27(2)14-22-26(23(30)15-27)19(17-7-5-6-8-20(17)28)12-21-18-13-25(32-4)24(31-3)11-16(18)9-10-29(21)22/h5-8,11-13,19H,9-10,14-15H2,1-4H3. The van der Waals surface area contributed by atoms with Gasteiger partial charge in [-0.1, -0.05) is 48.0 Å². The molecule has 0 bridgehead atoms. The Labute approximate surface area is 198 Å². The number of ether oxygens (including phenoxy) is 2. The van der Waals surface area contributed by atoms with Crippen LogP contribution in [0.3, 0.4) is 0 Å². The minimum absolute atomic E-state index is 0.0469. The average molecular weight is 494 g/mol. The van der Waals surface area contributed by atoms with E-state index in [1.54, 1.807) is 14.2 Å². The fourth-order valence-corrected chi connectivity index (χ4v) is 5.97. The molecule has 0 radical (unpaired) electrons. The van der Waals surface area contributed by atoms with Gasteiger partial charge in [0.2, 0.25) is 0 Å². The van der Waals surface area contributed by atoms with Crippen LogP contribution in [-0.2, 0) is 11.2 Å². The molecule has 5 rings (SSSR count). The number of allylic oxidation sites excluding steroid dienone is 3. The third kappa shape index (κ3) is 3.38. The number of Topliss-reactive ketones (excluding diaryl/α,β-unsaturated/α-hetero) is 1. The molecule has 0 fully saturated rings. The SMILES string of the molecule is COc1cc2c(cc1OC)C1=CC(c3ccccc3Br)C3=C(CC(C)(C)CC3=O)N1CC2. The van der Waals surface area contributed by atoms with Crippen LogP contribution in [0.25, 0.3) is 5.70 Å². The van der Waals surface area contributed by atoms with Crippen LogP contribution < -0.4 is 9.47 Å². The zero-order valence-electron chi connectivity index (χ0n) is 19.0. The maximum absolute atomic E-state index is 13.5. The van der Waals surface area contributed by atoms with Crippen LogP contribution in [0.15, 0.2) is 58.2 Å². The van der Waals surface area contributed by atoms with E-state index < -0.39 is 0 Å². The summed E-state index contributed by atoms with van der Waals surface area (Å²) in [7, 11) is 3.35. The van der Waals surface area contributed by atoms with Gasteiger partial charge in [-0.15, -0.1) is 0 Å². The quantitative estimate of drug-likeness (QED) is 0.517. The maximum Gasteiger partial charge on any atom is 0.162 e. The van der Waals surface area contributed by atoms with Crippen molar-refractivity contribution in [3.8, 4) is 11.5 Å². The van der Waals surface area contributed by atoms with Gasteiger partial charge in [0.1, 0.15) is 0 Å². The topological polar surface area (TPSA) is 38.8 Å². The molecule has 1 unspecified atom stereocenters. The molecule has 0 N–H and O–H groups in total. The summed E-state index contributed by atoms with van der Waals surface area (Å²) in [5, 5.41) is 0. The van der Waals surface area contributed by atoms with E-state index in [1.807, 2.05) is 12.1 Å². The number of methoxy groups -OCH3 is 2. The first-order valence-electron chi connectivity index (χ1n) is 11.1. The molecule has 166 valence electrons. The lowest BCUT2D eigenvalue weighted by atomic mass is 9.69. The average Bonchev–Trinajstić information content (AvgIpc) is 2.76. The van der Waals surface area contributed by atoms with E-state index in [2.05, 4.69) is 65.0 Å². The van der Waals surface area contributed by atoms with Crippen molar-refractivity contribution in [1.82, 2.24) is 4.90 Å². The molecule has 2 aromatic carbocycles. The van der Waals surface area contributed by atoms with E-state index in [0.29, 0.717) is 6.42 Å². The van der Waals surface area contributed by atoms with Gasteiger partial charge in [-0.25, -0.2) is 0 Å². The lowest BCUT2D eigenvalue weighted by Crippen LogP contribution is -2.40. The summed E-state index contributed by atoms with van der Waals surface area (Å²) < 4.78 is 12.2. The molecule has 0 saturated heterocycles. The summed E-state index contributed by atoms with van der Waals surface area (Å²) in [6.45, 7) is 5.26. The Morgan fingerprint density at radius 2 is 1.78 bits per heavy atom. The Kier molecular flexibility index (Phi) is 5.20. The minimum Gasteiger partial charge on any atom is -0.493 e. The Balaban J connectivity index is 1.73. The second-order valence-electron chi connectivity index (χ2n) is 9.62. The lowest BCUT2D eigenvalue weighted by molar-refractivity contribution is -0.118. The lowest BCUT2D eigenvalue weighted by Gasteiger charge is -2.46. The molecule has 2 aliphatic heterocycles. The van der Waals surface area contributed by atoms with Crippen molar-refractivity contribution in [3.05, 3.63) is 74.9 Å². The summed E-state index contributed by atoms with van der Waals surface area (Å²) in [5.74, 6) is 1.68. The number of carbonyl (C=O) groups is 1. The largest absolute Gasteiger partial charge is 0.493 e. The first-order valence-corrected chi connectivity index (χ1v) is 11.9. The minimum atomic E-state index is -0.0746. The summed E-state index contributed by atoms with van der Waals surface area (Å²) >= 11 is 3.74. The smallest absolute Gasteiger partial charge is 0.162 e. The highest BCUT2D eigenvalue weighted by Crippen LogP contribution is 2.51. The molecule has 32 heavy (non-hydrogen) atoms. The molecule has 0 saturated carbocycles. The molecule has 3 aliphatic rings. The van der Waals surface area contributed by atoms with Crippen molar-refractivity contribution in [2.45, 2.75) is 39.0 Å². The van der Waals surface area contributed by atoms with Crippen LogP contribution >= 0.6 is 15.9 Å². The van der Waals surface area contributed by atoms with Crippen molar-refractivity contribution in [2.24, 2.45) is 5.41 Å². The Hall–Kier alpha value is -2.53. The van der Waals surface area contributed by atoms with Gasteiger partial charge in [-0.05, 0) is 53.7 Å². The molecule has 5 heteroatoms. The number of halogens is 1.